The molecule has 16 heavy (non-hydrogen) atoms. The van der Waals surface area contributed by atoms with E-state index in [-0.39, 0.29) is 5.97 Å². The van der Waals surface area contributed by atoms with Crippen LogP contribution in [0.1, 0.15) is 32.6 Å². The molecule has 0 aromatic rings. The number of likely N-dealkylation sites (tertiary alicyclic amines) is 1. The Morgan fingerprint density at radius 1 is 1.50 bits per heavy atom. The predicted octanol–water partition coefficient (Wildman–Crippen LogP) is 1.01. The second kappa shape index (κ2) is 7.63. The molecule has 1 aliphatic rings. The summed E-state index contributed by atoms with van der Waals surface area (Å²) in [4.78, 5) is 13.5. The van der Waals surface area contributed by atoms with Crippen LogP contribution < -0.4 is 5.32 Å². The van der Waals surface area contributed by atoms with Crippen molar-refractivity contribution in [2.45, 2.75) is 38.6 Å². The van der Waals surface area contributed by atoms with Crippen molar-refractivity contribution in [3.8, 4) is 0 Å². The van der Waals surface area contributed by atoms with Gasteiger partial charge in [0.15, 0.2) is 0 Å². The highest BCUT2D eigenvalue weighted by molar-refractivity contribution is 5.71. The molecule has 1 heterocycles. The van der Waals surface area contributed by atoms with E-state index in [1.165, 1.54) is 25.8 Å². The summed E-state index contributed by atoms with van der Waals surface area (Å²) in [6, 6.07) is 0.684. The van der Waals surface area contributed by atoms with Crippen molar-refractivity contribution in [2.24, 2.45) is 0 Å². The fourth-order valence-corrected chi connectivity index (χ4v) is 2.18. The average Bonchev–Trinajstić information content (AvgIpc) is 2.27. The summed E-state index contributed by atoms with van der Waals surface area (Å²) in [5, 5.41) is 3.14. The van der Waals surface area contributed by atoms with Gasteiger partial charge in [0, 0.05) is 6.04 Å². The third-order valence-corrected chi connectivity index (χ3v) is 3.15. The second-order valence-electron chi connectivity index (χ2n) is 4.40. The molecule has 1 N–H and O–H groups in total. The third kappa shape index (κ3) is 4.94. The van der Waals surface area contributed by atoms with Crippen LogP contribution in [0.3, 0.4) is 0 Å². The van der Waals surface area contributed by atoms with E-state index < -0.39 is 0 Å². The molecule has 0 amide bonds. The predicted molar refractivity (Wildman–Crippen MR) is 64.4 cm³/mol. The first-order valence-electron chi connectivity index (χ1n) is 6.30. The summed E-state index contributed by atoms with van der Waals surface area (Å²) >= 11 is 0. The number of ether oxygens (including phenoxy) is 1. The number of rotatable bonds is 6. The highest BCUT2D eigenvalue weighted by atomic mass is 16.5. The van der Waals surface area contributed by atoms with Crippen LogP contribution in [0, 0.1) is 0 Å². The van der Waals surface area contributed by atoms with E-state index in [9.17, 15) is 4.79 Å². The zero-order valence-electron chi connectivity index (χ0n) is 10.5. The van der Waals surface area contributed by atoms with Crippen molar-refractivity contribution >= 4 is 5.97 Å². The van der Waals surface area contributed by atoms with Crippen molar-refractivity contribution in [1.82, 2.24) is 10.2 Å². The quantitative estimate of drug-likeness (QED) is 0.544. The van der Waals surface area contributed by atoms with Crippen molar-refractivity contribution in [1.29, 1.82) is 0 Å². The molecule has 0 radical (unpaired) electrons. The van der Waals surface area contributed by atoms with E-state index in [0.29, 0.717) is 19.2 Å². The van der Waals surface area contributed by atoms with Gasteiger partial charge >= 0.3 is 5.97 Å². The first kappa shape index (κ1) is 13.5. The minimum absolute atomic E-state index is 0.153. The SMILES string of the molecule is CCOC(=O)CNCCC1CCCCN1C. The molecule has 1 atom stereocenters. The number of carbonyl (C=O) groups excluding carboxylic acids is 1. The molecule has 1 aliphatic heterocycles. The topological polar surface area (TPSA) is 41.6 Å². The Labute approximate surface area is 98.3 Å². The van der Waals surface area contributed by atoms with Crippen LogP contribution >= 0.6 is 0 Å². The standard InChI is InChI=1S/C12H24N2O2/c1-3-16-12(15)10-13-8-7-11-6-4-5-9-14(11)2/h11,13H,3-10H2,1-2H3. The molecule has 0 bridgehead atoms. The van der Waals surface area contributed by atoms with Gasteiger partial charge in [-0.2, -0.15) is 0 Å². The Balaban J connectivity index is 2.03. The Kier molecular flexibility index (Phi) is 6.42. The summed E-state index contributed by atoms with van der Waals surface area (Å²) in [6.45, 7) is 4.74. The monoisotopic (exact) mass is 228 g/mol. The van der Waals surface area contributed by atoms with E-state index in [1.807, 2.05) is 6.92 Å². The van der Waals surface area contributed by atoms with E-state index >= 15 is 0 Å². The van der Waals surface area contributed by atoms with Gasteiger partial charge in [0.2, 0.25) is 0 Å². The lowest BCUT2D eigenvalue weighted by Crippen LogP contribution is -2.38. The fraction of sp³-hybridized carbons (Fsp3) is 0.917. The smallest absolute Gasteiger partial charge is 0.319 e. The van der Waals surface area contributed by atoms with E-state index in [0.717, 1.165) is 13.0 Å². The first-order valence-corrected chi connectivity index (χ1v) is 6.30. The number of nitrogens with one attached hydrogen (secondary N) is 1. The molecular weight excluding hydrogens is 204 g/mol. The van der Waals surface area contributed by atoms with Crippen LogP contribution in [-0.2, 0) is 9.53 Å². The largest absolute Gasteiger partial charge is 0.465 e. The van der Waals surface area contributed by atoms with Gasteiger partial charge in [-0.05, 0) is 46.3 Å². The van der Waals surface area contributed by atoms with E-state index in [1.54, 1.807) is 0 Å². The normalized spacial score (nSPS) is 22.0. The molecule has 4 heteroatoms. The number of carbonyl (C=O) groups is 1. The van der Waals surface area contributed by atoms with Gasteiger partial charge in [0.25, 0.3) is 0 Å². The molecular formula is C12H24N2O2. The highest BCUT2D eigenvalue weighted by Crippen LogP contribution is 2.16. The molecule has 0 aromatic carbocycles. The highest BCUT2D eigenvalue weighted by Gasteiger charge is 2.17. The zero-order chi connectivity index (χ0) is 11.8. The number of nitrogens with zero attached hydrogens (tertiary/aromatic N) is 1. The van der Waals surface area contributed by atoms with Crippen LogP contribution in [0.5, 0.6) is 0 Å². The van der Waals surface area contributed by atoms with Crippen LogP contribution in [0.2, 0.25) is 0 Å². The van der Waals surface area contributed by atoms with Gasteiger partial charge in [-0.25, -0.2) is 0 Å². The van der Waals surface area contributed by atoms with Gasteiger partial charge < -0.3 is 15.0 Å². The maximum Gasteiger partial charge on any atom is 0.319 e. The molecule has 1 saturated heterocycles. The summed E-state index contributed by atoms with van der Waals surface area (Å²) in [5.41, 5.74) is 0. The molecule has 94 valence electrons. The maximum atomic E-state index is 11.1. The minimum Gasteiger partial charge on any atom is -0.465 e. The Hall–Kier alpha value is -0.610. The Bertz CT molecular complexity index is 209. The Morgan fingerprint density at radius 3 is 3.00 bits per heavy atom. The van der Waals surface area contributed by atoms with Crippen molar-refractivity contribution in [3.05, 3.63) is 0 Å². The van der Waals surface area contributed by atoms with E-state index in [2.05, 4.69) is 17.3 Å². The molecule has 0 saturated carbocycles. The van der Waals surface area contributed by atoms with Gasteiger partial charge in [0.1, 0.15) is 0 Å². The molecule has 0 aromatic heterocycles. The lowest BCUT2D eigenvalue weighted by molar-refractivity contribution is -0.142. The van der Waals surface area contributed by atoms with Crippen molar-refractivity contribution in [3.63, 3.8) is 0 Å². The second-order valence-corrected chi connectivity index (χ2v) is 4.40. The number of hydrogen-bond donors (Lipinski definition) is 1. The lowest BCUT2D eigenvalue weighted by atomic mass is 10.0. The van der Waals surface area contributed by atoms with Gasteiger partial charge in [-0.3, -0.25) is 4.79 Å². The molecule has 1 fully saturated rings. The molecule has 0 spiro atoms. The summed E-state index contributed by atoms with van der Waals surface area (Å²) in [7, 11) is 2.19. The third-order valence-electron chi connectivity index (χ3n) is 3.15. The summed E-state index contributed by atoms with van der Waals surface area (Å²) in [5.74, 6) is -0.153. The number of esters is 1. The van der Waals surface area contributed by atoms with Gasteiger partial charge in [-0.15, -0.1) is 0 Å². The zero-order valence-corrected chi connectivity index (χ0v) is 10.5. The van der Waals surface area contributed by atoms with Gasteiger partial charge in [0.05, 0.1) is 13.2 Å². The van der Waals surface area contributed by atoms with Crippen LogP contribution in [-0.4, -0.2) is 50.2 Å². The lowest BCUT2D eigenvalue weighted by Gasteiger charge is -2.32. The van der Waals surface area contributed by atoms with Gasteiger partial charge in [-0.1, -0.05) is 6.42 Å². The average molecular weight is 228 g/mol. The summed E-state index contributed by atoms with van der Waals surface area (Å²) in [6.07, 6.45) is 5.07. The fourth-order valence-electron chi connectivity index (χ4n) is 2.18. The number of hydrogen-bond acceptors (Lipinski definition) is 4. The van der Waals surface area contributed by atoms with Crippen molar-refractivity contribution in [2.75, 3.05) is 33.3 Å². The van der Waals surface area contributed by atoms with E-state index in [4.69, 9.17) is 4.74 Å². The van der Waals surface area contributed by atoms with Crippen molar-refractivity contribution < 1.29 is 9.53 Å². The number of piperidine rings is 1. The first-order chi connectivity index (χ1) is 7.74. The minimum atomic E-state index is -0.153. The van der Waals surface area contributed by atoms with Crippen LogP contribution in [0.25, 0.3) is 0 Å². The summed E-state index contributed by atoms with van der Waals surface area (Å²) < 4.78 is 4.84. The maximum absolute atomic E-state index is 11.1. The Morgan fingerprint density at radius 2 is 2.31 bits per heavy atom. The molecule has 1 rings (SSSR count). The molecule has 0 aliphatic carbocycles. The van der Waals surface area contributed by atoms with Crippen LogP contribution in [0.15, 0.2) is 0 Å². The molecule has 4 nitrogen and oxygen atoms in total. The molecule has 1 unspecified atom stereocenters. The van der Waals surface area contributed by atoms with Crippen LogP contribution in [0.4, 0.5) is 0 Å².